The van der Waals surface area contributed by atoms with E-state index in [0.29, 0.717) is 0 Å². The lowest BCUT2D eigenvalue weighted by molar-refractivity contribution is 1.11. The monoisotopic (exact) mass is 313 g/mol. The van der Waals surface area contributed by atoms with Gasteiger partial charge in [-0.3, -0.25) is 0 Å². The Kier molecular flexibility index (Phi) is 4.09. The van der Waals surface area contributed by atoms with Crippen molar-refractivity contribution in [3.8, 4) is 11.3 Å². The molecule has 106 valence electrons. The molecule has 1 aromatic heterocycles. The summed E-state index contributed by atoms with van der Waals surface area (Å²) in [7, 11) is 0. The molecule has 0 fully saturated rings. The van der Waals surface area contributed by atoms with Crippen LogP contribution in [-0.4, -0.2) is 4.98 Å². The molecule has 0 aliphatic carbocycles. The van der Waals surface area contributed by atoms with Crippen LogP contribution in [0, 0.1) is 13.8 Å². The highest BCUT2D eigenvalue weighted by atomic mass is 35.5. The van der Waals surface area contributed by atoms with Crippen molar-refractivity contribution >= 4 is 22.9 Å². The van der Waals surface area contributed by atoms with Crippen molar-refractivity contribution in [3.05, 3.63) is 74.6 Å². The third-order valence-corrected chi connectivity index (χ3v) is 4.64. The number of rotatable bonds is 3. The summed E-state index contributed by atoms with van der Waals surface area (Å²) in [5.74, 6) is 0. The average Bonchev–Trinajstić information content (AvgIpc) is 2.92. The van der Waals surface area contributed by atoms with Crippen LogP contribution in [0.4, 0.5) is 0 Å². The molecule has 3 aromatic rings. The van der Waals surface area contributed by atoms with Gasteiger partial charge in [-0.2, -0.15) is 0 Å². The predicted octanol–water partition coefficient (Wildman–Crippen LogP) is 5.67. The van der Waals surface area contributed by atoms with Gasteiger partial charge < -0.3 is 0 Å². The number of aryl methyl sites for hydroxylation is 2. The maximum absolute atomic E-state index is 5.93. The van der Waals surface area contributed by atoms with E-state index in [2.05, 4.69) is 37.4 Å². The van der Waals surface area contributed by atoms with Crippen LogP contribution in [0.15, 0.2) is 47.8 Å². The van der Waals surface area contributed by atoms with Gasteiger partial charge >= 0.3 is 0 Å². The number of halogens is 1. The van der Waals surface area contributed by atoms with Crippen LogP contribution in [0.1, 0.15) is 21.7 Å². The van der Waals surface area contributed by atoms with Crippen molar-refractivity contribution in [1.29, 1.82) is 0 Å². The summed E-state index contributed by atoms with van der Waals surface area (Å²) in [6.07, 6.45) is 0.895. The van der Waals surface area contributed by atoms with Crippen LogP contribution in [0.25, 0.3) is 11.3 Å². The standard InChI is InChI=1S/C18H16ClNS/c1-12-3-4-13(2)15(9-12)10-18-20-17(11-21-18)14-5-7-16(19)8-6-14/h3-9,11H,10H2,1-2H3. The second kappa shape index (κ2) is 6.00. The molecule has 2 aromatic carbocycles. The number of aromatic nitrogens is 1. The number of thiazole rings is 1. The minimum atomic E-state index is 0.754. The van der Waals surface area contributed by atoms with Gasteiger partial charge in [-0.1, -0.05) is 47.5 Å². The zero-order valence-electron chi connectivity index (χ0n) is 12.1. The van der Waals surface area contributed by atoms with Gasteiger partial charge in [-0.15, -0.1) is 11.3 Å². The topological polar surface area (TPSA) is 12.9 Å². The van der Waals surface area contributed by atoms with Gasteiger partial charge in [-0.05, 0) is 37.1 Å². The van der Waals surface area contributed by atoms with Crippen molar-refractivity contribution in [2.24, 2.45) is 0 Å². The Hall–Kier alpha value is -1.64. The Morgan fingerprint density at radius 1 is 1.05 bits per heavy atom. The molecule has 0 N–H and O–H groups in total. The molecule has 0 spiro atoms. The van der Waals surface area contributed by atoms with Crippen LogP contribution < -0.4 is 0 Å². The molecule has 1 heterocycles. The first-order valence-corrected chi connectivity index (χ1v) is 8.14. The number of benzene rings is 2. The fourth-order valence-electron chi connectivity index (χ4n) is 2.30. The Bertz CT molecular complexity index is 759. The van der Waals surface area contributed by atoms with Gasteiger partial charge in [0, 0.05) is 22.4 Å². The molecule has 0 saturated carbocycles. The minimum absolute atomic E-state index is 0.754. The van der Waals surface area contributed by atoms with Crippen LogP contribution >= 0.6 is 22.9 Å². The molecular weight excluding hydrogens is 298 g/mol. The molecule has 21 heavy (non-hydrogen) atoms. The average molecular weight is 314 g/mol. The Balaban J connectivity index is 1.85. The molecule has 0 aliphatic heterocycles. The van der Waals surface area contributed by atoms with Gasteiger partial charge in [-0.25, -0.2) is 4.98 Å². The largest absolute Gasteiger partial charge is 0.241 e. The van der Waals surface area contributed by atoms with Crippen LogP contribution in [0.2, 0.25) is 5.02 Å². The van der Waals surface area contributed by atoms with Crippen molar-refractivity contribution in [1.82, 2.24) is 4.98 Å². The number of hydrogen-bond donors (Lipinski definition) is 0. The SMILES string of the molecule is Cc1ccc(C)c(Cc2nc(-c3ccc(Cl)cc3)cs2)c1. The number of nitrogens with zero attached hydrogens (tertiary/aromatic N) is 1. The van der Waals surface area contributed by atoms with Gasteiger partial charge in [0.05, 0.1) is 10.7 Å². The summed E-state index contributed by atoms with van der Waals surface area (Å²) < 4.78 is 0. The molecule has 0 unspecified atom stereocenters. The van der Waals surface area contributed by atoms with Crippen molar-refractivity contribution in [3.63, 3.8) is 0 Å². The fraction of sp³-hybridized carbons (Fsp3) is 0.167. The molecule has 0 radical (unpaired) electrons. The first kappa shape index (κ1) is 14.3. The zero-order chi connectivity index (χ0) is 14.8. The molecular formula is C18H16ClNS. The van der Waals surface area contributed by atoms with Gasteiger partial charge in [0.25, 0.3) is 0 Å². The van der Waals surface area contributed by atoms with Crippen molar-refractivity contribution in [2.45, 2.75) is 20.3 Å². The smallest absolute Gasteiger partial charge is 0.0976 e. The van der Waals surface area contributed by atoms with Crippen LogP contribution in [-0.2, 0) is 6.42 Å². The quantitative estimate of drug-likeness (QED) is 0.607. The van der Waals surface area contributed by atoms with E-state index in [4.69, 9.17) is 16.6 Å². The van der Waals surface area contributed by atoms with Gasteiger partial charge in [0.1, 0.15) is 0 Å². The molecule has 0 aliphatic rings. The van der Waals surface area contributed by atoms with E-state index in [1.54, 1.807) is 11.3 Å². The minimum Gasteiger partial charge on any atom is -0.241 e. The molecule has 0 bridgehead atoms. The normalized spacial score (nSPS) is 10.8. The molecule has 1 nitrogen and oxygen atoms in total. The van der Waals surface area contributed by atoms with Crippen LogP contribution in [0.3, 0.4) is 0 Å². The molecule has 0 atom stereocenters. The Labute approximate surface area is 134 Å². The summed E-state index contributed by atoms with van der Waals surface area (Å²) in [4.78, 5) is 4.75. The van der Waals surface area contributed by atoms with E-state index >= 15 is 0 Å². The van der Waals surface area contributed by atoms with E-state index in [-0.39, 0.29) is 0 Å². The van der Waals surface area contributed by atoms with E-state index < -0.39 is 0 Å². The van der Waals surface area contributed by atoms with Crippen molar-refractivity contribution in [2.75, 3.05) is 0 Å². The van der Waals surface area contributed by atoms with E-state index in [1.807, 2.05) is 24.3 Å². The van der Waals surface area contributed by atoms with E-state index in [1.165, 1.54) is 16.7 Å². The second-order valence-electron chi connectivity index (χ2n) is 5.24. The highest BCUT2D eigenvalue weighted by molar-refractivity contribution is 7.10. The summed E-state index contributed by atoms with van der Waals surface area (Å²) in [5.41, 5.74) is 6.11. The first-order valence-electron chi connectivity index (χ1n) is 6.88. The maximum atomic E-state index is 5.93. The van der Waals surface area contributed by atoms with Crippen LogP contribution in [0.5, 0.6) is 0 Å². The molecule has 3 heteroatoms. The third-order valence-electron chi connectivity index (χ3n) is 3.54. The second-order valence-corrected chi connectivity index (χ2v) is 6.62. The van der Waals surface area contributed by atoms with E-state index in [9.17, 15) is 0 Å². The highest BCUT2D eigenvalue weighted by Gasteiger charge is 2.07. The molecule has 0 amide bonds. The summed E-state index contributed by atoms with van der Waals surface area (Å²) >= 11 is 7.64. The lowest BCUT2D eigenvalue weighted by Crippen LogP contribution is -1.92. The Morgan fingerprint density at radius 3 is 2.57 bits per heavy atom. The first-order chi connectivity index (χ1) is 10.1. The van der Waals surface area contributed by atoms with Gasteiger partial charge in [0.2, 0.25) is 0 Å². The number of hydrogen-bond acceptors (Lipinski definition) is 2. The maximum Gasteiger partial charge on any atom is 0.0976 e. The summed E-state index contributed by atoms with van der Waals surface area (Å²) in [6, 6.07) is 14.4. The Morgan fingerprint density at radius 2 is 1.81 bits per heavy atom. The van der Waals surface area contributed by atoms with Crippen molar-refractivity contribution < 1.29 is 0 Å². The fourth-order valence-corrected chi connectivity index (χ4v) is 3.25. The lowest BCUT2D eigenvalue weighted by Gasteiger charge is -2.05. The summed E-state index contributed by atoms with van der Waals surface area (Å²) in [6.45, 7) is 4.28. The zero-order valence-corrected chi connectivity index (χ0v) is 13.6. The molecule has 3 rings (SSSR count). The summed E-state index contributed by atoms with van der Waals surface area (Å²) in [5, 5.41) is 4.02. The van der Waals surface area contributed by atoms with Gasteiger partial charge in [0.15, 0.2) is 0 Å². The molecule has 0 saturated heterocycles. The highest BCUT2D eigenvalue weighted by Crippen LogP contribution is 2.25. The lowest BCUT2D eigenvalue weighted by atomic mass is 10.0. The third kappa shape index (κ3) is 3.34. The van der Waals surface area contributed by atoms with E-state index in [0.717, 1.165) is 27.7 Å². The predicted molar refractivity (Wildman–Crippen MR) is 91.3 cm³/mol.